The summed E-state index contributed by atoms with van der Waals surface area (Å²) in [6.45, 7) is 11.4. The van der Waals surface area contributed by atoms with Crippen molar-refractivity contribution in [3.05, 3.63) is 0 Å². The van der Waals surface area contributed by atoms with Gasteiger partial charge < -0.3 is 15.4 Å². The summed E-state index contributed by atoms with van der Waals surface area (Å²) in [6, 6.07) is 0. The van der Waals surface area contributed by atoms with Crippen molar-refractivity contribution >= 4 is 5.96 Å². The van der Waals surface area contributed by atoms with Gasteiger partial charge >= 0.3 is 0 Å². The molecule has 0 atom stereocenters. The van der Waals surface area contributed by atoms with E-state index in [1.165, 1.54) is 51.6 Å². The van der Waals surface area contributed by atoms with Gasteiger partial charge in [-0.3, -0.25) is 9.89 Å². The van der Waals surface area contributed by atoms with E-state index in [4.69, 9.17) is 9.73 Å². The smallest absolute Gasteiger partial charge is 0.191 e. The van der Waals surface area contributed by atoms with E-state index in [2.05, 4.69) is 29.4 Å². The van der Waals surface area contributed by atoms with Gasteiger partial charge in [0.05, 0.1) is 6.54 Å². The molecule has 2 heterocycles. The van der Waals surface area contributed by atoms with Gasteiger partial charge in [0.15, 0.2) is 5.96 Å². The summed E-state index contributed by atoms with van der Waals surface area (Å²) in [4.78, 5) is 7.65. The van der Waals surface area contributed by atoms with Gasteiger partial charge in [0.25, 0.3) is 0 Å². The molecule has 5 heteroatoms. The lowest BCUT2D eigenvalue weighted by molar-refractivity contribution is -0.0139. The molecule has 2 rings (SSSR count). The third-order valence-corrected chi connectivity index (χ3v) is 5.40. The second-order valence-electron chi connectivity index (χ2n) is 7.21. The van der Waals surface area contributed by atoms with Gasteiger partial charge in [-0.2, -0.15) is 0 Å². The van der Waals surface area contributed by atoms with Crippen LogP contribution in [0.3, 0.4) is 0 Å². The summed E-state index contributed by atoms with van der Waals surface area (Å²) in [6.07, 6.45) is 10.0. The van der Waals surface area contributed by atoms with Crippen molar-refractivity contribution in [2.75, 3.05) is 45.9 Å². The van der Waals surface area contributed by atoms with Crippen LogP contribution in [0.25, 0.3) is 0 Å². The molecule has 0 radical (unpaired) electrons. The third-order valence-electron chi connectivity index (χ3n) is 5.40. The number of hydrogen-bond donors (Lipinski definition) is 2. The summed E-state index contributed by atoms with van der Waals surface area (Å²) in [5, 5.41) is 6.93. The standard InChI is InChI=1S/C19H38N4O/c1-3-5-6-7-12-21-18(20-4-2)22-17-19(10-15-24-16-11-19)23-13-8-9-14-23/h3-17H2,1-2H3,(H2,20,21,22). The summed E-state index contributed by atoms with van der Waals surface area (Å²) in [7, 11) is 0. The molecule has 0 aromatic rings. The molecule has 0 unspecified atom stereocenters. The Kier molecular flexibility index (Phi) is 8.89. The molecule has 2 saturated heterocycles. The predicted octanol–water partition coefficient (Wildman–Crippen LogP) is 2.77. The molecular weight excluding hydrogens is 300 g/mol. The summed E-state index contributed by atoms with van der Waals surface area (Å²) < 4.78 is 5.63. The Hall–Kier alpha value is -0.810. The normalized spacial score (nSPS) is 21.8. The summed E-state index contributed by atoms with van der Waals surface area (Å²) >= 11 is 0. The Balaban J connectivity index is 1.90. The van der Waals surface area contributed by atoms with Crippen LogP contribution in [0.2, 0.25) is 0 Å². The first kappa shape index (κ1) is 19.5. The Morgan fingerprint density at radius 3 is 2.46 bits per heavy atom. The van der Waals surface area contributed by atoms with Crippen LogP contribution in [0.1, 0.15) is 65.2 Å². The number of aliphatic imine (C=N–C) groups is 1. The van der Waals surface area contributed by atoms with E-state index in [-0.39, 0.29) is 5.54 Å². The molecule has 0 spiro atoms. The van der Waals surface area contributed by atoms with Crippen molar-refractivity contribution < 1.29 is 4.74 Å². The zero-order chi connectivity index (χ0) is 17.1. The van der Waals surface area contributed by atoms with Gasteiger partial charge in [0.1, 0.15) is 0 Å². The van der Waals surface area contributed by atoms with Crippen LogP contribution in [-0.2, 0) is 4.74 Å². The van der Waals surface area contributed by atoms with E-state index in [0.29, 0.717) is 0 Å². The largest absolute Gasteiger partial charge is 0.381 e. The third kappa shape index (κ3) is 5.92. The average Bonchev–Trinajstić information content (AvgIpc) is 3.15. The number of likely N-dealkylation sites (tertiary alicyclic amines) is 1. The second-order valence-corrected chi connectivity index (χ2v) is 7.21. The van der Waals surface area contributed by atoms with Gasteiger partial charge in [-0.15, -0.1) is 0 Å². The van der Waals surface area contributed by atoms with Crippen molar-refractivity contribution in [3.8, 4) is 0 Å². The van der Waals surface area contributed by atoms with Crippen LogP contribution >= 0.6 is 0 Å². The lowest BCUT2D eigenvalue weighted by Crippen LogP contribution is -2.54. The Bertz CT molecular complexity index is 360. The molecular formula is C19H38N4O. The van der Waals surface area contributed by atoms with Gasteiger partial charge in [-0.25, -0.2) is 0 Å². The Morgan fingerprint density at radius 2 is 1.79 bits per heavy atom. The number of guanidine groups is 1. The highest BCUT2D eigenvalue weighted by Gasteiger charge is 2.39. The molecule has 2 N–H and O–H groups in total. The SMILES string of the molecule is CCCCCCNC(=NCC1(N2CCCC2)CCOCC1)NCC. The topological polar surface area (TPSA) is 48.9 Å². The maximum atomic E-state index is 5.63. The highest BCUT2D eigenvalue weighted by molar-refractivity contribution is 5.79. The number of rotatable bonds is 9. The van der Waals surface area contributed by atoms with Gasteiger partial charge in [-0.1, -0.05) is 26.2 Å². The van der Waals surface area contributed by atoms with Crippen LogP contribution in [0, 0.1) is 0 Å². The zero-order valence-electron chi connectivity index (χ0n) is 15.9. The number of hydrogen-bond acceptors (Lipinski definition) is 3. The van der Waals surface area contributed by atoms with Gasteiger partial charge in [-0.05, 0) is 52.1 Å². The number of unbranched alkanes of at least 4 members (excludes halogenated alkanes) is 3. The van der Waals surface area contributed by atoms with E-state index < -0.39 is 0 Å². The van der Waals surface area contributed by atoms with Crippen LogP contribution in [0.4, 0.5) is 0 Å². The second kappa shape index (κ2) is 10.9. The molecule has 0 aromatic heterocycles. The van der Waals surface area contributed by atoms with Crippen LogP contribution in [0.5, 0.6) is 0 Å². The molecule has 5 nitrogen and oxygen atoms in total. The molecule has 0 saturated carbocycles. The molecule has 140 valence electrons. The first-order chi connectivity index (χ1) is 11.8. The highest BCUT2D eigenvalue weighted by Crippen LogP contribution is 2.31. The lowest BCUT2D eigenvalue weighted by atomic mass is 9.88. The van der Waals surface area contributed by atoms with Crippen LogP contribution < -0.4 is 10.6 Å². The van der Waals surface area contributed by atoms with E-state index in [1.54, 1.807) is 0 Å². The molecule has 0 aromatic carbocycles. The molecule has 0 bridgehead atoms. The minimum Gasteiger partial charge on any atom is -0.381 e. The van der Waals surface area contributed by atoms with E-state index in [1.807, 2.05) is 0 Å². The molecule has 0 amide bonds. The van der Waals surface area contributed by atoms with E-state index >= 15 is 0 Å². The van der Waals surface area contributed by atoms with Crippen molar-refractivity contribution in [1.29, 1.82) is 0 Å². The summed E-state index contributed by atoms with van der Waals surface area (Å²) in [5.41, 5.74) is 0.222. The molecule has 0 aliphatic carbocycles. The quantitative estimate of drug-likeness (QED) is 0.386. The number of ether oxygens (including phenoxy) is 1. The molecule has 2 fully saturated rings. The number of nitrogens with zero attached hydrogens (tertiary/aromatic N) is 2. The Morgan fingerprint density at radius 1 is 1.04 bits per heavy atom. The fraction of sp³-hybridized carbons (Fsp3) is 0.947. The number of nitrogens with one attached hydrogen (secondary N) is 2. The first-order valence-electron chi connectivity index (χ1n) is 10.2. The van der Waals surface area contributed by atoms with Gasteiger partial charge in [0, 0.05) is 31.8 Å². The monoisotopic (exact) mass is 338 g/mol. The summed E-state index contributed by atoms with van der Waals surface area (Å²) in [5.74, 6) is 0.985. The van der Waals surface area contributed by atoms with Crippen molar-refractivity contribution in [2.24, 2.45) is 4.99 Å². The minimum absolute atomic E-state index is 0.222. The lowest BCUT2D eigenvalue weighted by Gasteiger charge is -2.43. The van der Waals surface area contributed by atoms with Crippen molar-refractivity contribution in [3.63, 3.8) is 0 Å². The maximum Gasteiger partial charge on any atom is 0.191 e. The van der Waals surface area contributed by atoms with Crippen LogP contribution in [0.15, 0.2) is 4.99 Å². The molecule has 2 aliphatic heterocycles. The Labute approximate surface area is 148 Å². The predicted molar refractivity (Wildman–Crippen MR) is 102 cm³/mol. The molecule has 2 aliphatic rings. The minimum atomic E-state index is 0.222. The van der Waals surface area contributed by atoms with Crippen molar-refractivity contribution in [1.82, 2.24) is 15.5 Å². The van der Waals surface area contributed by atoms with Crippen LogP contribution in [-0.4, -0.2) is 62.3 Å². The average molecular weight is 339 g/mol. The van der Waals surface area contributed by atoms with E-state index in [0.717, 1.165) is 51.6 Å². The fourth-order valence-electron chi connectivity index (χ4n) is 3.84. The maximum absolute atomic E-state index is 5.63. The van der Waals surface area contributed by atoms with E-state index in [9.17, 15) is 0 Å². The first-order valence-corrected chi connectivity index (χ1v) is 10.2. The van der Waals surface area contributed by atoms with Crippen molar-refractivity contribution in [2.45, 2.75) is 70.8 Å². The highest BCUT2D eigenvalue weighted by atomic mass is 16.5. The van der Waals surface area contributed by atoms with Gasteiger partial charge in [0.2, 0.25) is 0 Å². The fourth-order valence-corrected chi connectivity index (χ4v) is 3.84. The zero-order valence-corrected chi connectivity index (χ0v) is 15.9. The molecule has 24 heavy (non-hydrogen) atoms.